The van der Waals surface area contributed by atoms with E-state index in [1.54, 1.807) is 13.1 Å². The number of hydrogen-bond acceptors (Lipinski definition) is 4. The normalized spacial score (nSPS) is 12.2. The number of anilines is 1. The van der Waals surface area contributed by atoms with E-state index in [1.165, 1.54) is 6.92 Å². The van der Waals surface area contributed by atoms with E-state index in [-0.39, 0.29) is 5.91 Å². The first-order chi connectivity index (χ1) is 6.13. The molecule has 1 aromatic heterocycles. The van der Waals surface area contributed by atoms with Gasteiger partial charge in [-0.25, -0.2) is 0 Å². The lowest BCUT2D eigenvalue weighted by molar-refractivity contribution is 0.0813. The SMILES string of the molecule is CNc1cc(C(=O)N[C@@H](C)O)[nH]n1. The van der Waals surface area contributed by atoms with Crippen molar-refractivity contribution in [3.05, 3.63) is 11.8 Å². The zero-order valence-electron chi connectivity index (χ0n) is 7.46. The number of aromatic nitrogens is 2. The van der Waals surface area contributed by atoms with Crippen LogP contribution in [-0.4, -0.2) is 34.5 Å². The molecule has 4 N–H and O–H groups in total. The molecule has 0 radical (unpaired) electrons. The van der Waals surface area contributed by atoms with Crippen molar-refractivity contribution >= 4 is 11.7 Å². The first-order valence-corrected chi connectivity index (χ1v) is 3.85. The third kappa shape index (κ3) is 2.45. The molecule has 0 bridgehead atoms. The van der Waals surface area contributed by atoms with Gasteiger partial charge in [0.15, 0.2) is 0 Å². The second-order valence-electron chi connectivity index (χ2n) is 2.57. The molecule has 13 heavy (non-hydrogen) atoms. The van der Waals surface area contributed by atoms with Gasteiger partial charge in [0.25, 0.3) is 5.91 Å². The zero-order chi connectivity index (χ0) is 9.84. The highest BCUT2D eigenvalue weighted by atomic mass is 16.3. The molecule has 1 rings (SSSR count). The van der Waals surface area contributed by atoms with Gasteiger partial charge in [0, 0.05) is 13.1 Å². The summed E-state index contributed by atoms with van der Waals surface area (Å²) in [7, 11) is 1.70. The highest BCUT2D eigenvalue weighted by molar-refractivity contribution is 5.93. The number of carbonyl (C=O) groups is 1. The number of H-pyrrole nitrogens is 1. The fraction of sp³-hybridized carbons (Fsp3) is 0.429. The number of nitrogens with zero attached hydrogens (tertiary/aromatic N) is 1. The van der Waals surface area contributed by atoms with Gasteiger partial charge in [0.05, 0.1) is 0 Å². The van der Waals surface area contributed by atoms with Gasteiger partial charge in [-0.1, -0.05) is 0 Å². The lowest BCUT2D eigenvalue weighted by atomic mass is 10.4. The quantitative estimate of drug-likeness (QED) is 0.477. The van der Waals surface area contributed by atoms with Crippen LogP contribution in [0.15, 0.2) is 6.07 Å². The predicted octanol–water partition coefficient (Wildman–Crippen LogP) is -0.481. The molecule has 1 amide bonds. The molecule has 0 unspecified atom stereocenters. The van der Waals surface area contributed by atoms with Crippen LogP contribution in [0.3, 0.4) is 0 Å². The maximum Gasteiger partial charge on any atom is 0.271 e. The smallest absolute Gasteiger partial charge is 0.271 e. The van der Waals surface area contributed by atoms with Crippen LogP contribution in [-0.2, 0) is 0 Å². The Hall–Kier alpha value is -1.56. The van der Waals surface area contributed by atoms with Crippen LogP contribution < -0.4 is 10.6 Å². The van der Waals surface area contributed by atoms with Crippen LogP contribution >= 0.6 is 0 Å². The summed E-state index contributed by atoms with van der Waals surface area (Å²) in [5.41, 5.74) is 0.310. The second kappa shape index (κ2) is 3.90. The maximum atomic E-state index is 11.2. The molecule has 72 valence electrons. The summed E-state index contributed by atoms with van der Waals surface area (Å²) in [6, 6.07) is 1.55. The van der Waals surface area contributed by atoms with Gasteiger partial charge in [0.1, 0.15) is 17.7 Å². The predicted molar refractivity (Wildman–Crippen MR) is 47.3 cm³/mol. The Morgan fingerprint density at radius 1 is 1.77 bits per heavy atom. The Balaban J connectivity index is 2.66. The lowest BCUT2D eigenvalue weighted by Gasteiger charge is -2.04. The Labute approximate surface area is 75.3 Å². The van der Waals surface area contributed by atoms with Gasteiger partial charge >= 0.3 is 0 Å². The average molecular weight is 184 g/mol. The molecule has 0 aliphatic carbocycles. The molecule has 0 aromatic carbocycles. The molecular formula is C7H12N4O2. The van der Waals surface area contributed by atoms with Gasteiger partial charge in [0.2, 0.25) is 0 Å². The number of amides is 1. The number of rotatable bonds is 3. The van der Waals surface area contributed by atoms with Gasteiger partial charge in [-0.3, -0.25) is 9.89 Å². The number of aliphatic hydroxyl groups is 1. The molecule has 0 saturated carbocycles. The van der Waals surface area contributed by atoms with Crippen LogP contribution in [0.1, 0.15) is 17.4 Å². The third-order valence-electron chi connectivity index (χ3n) is 1.42. The summed E-state index contributed by atoms with van der Waals surface area (Å²) in [5.74, 6) is 0.194. The fourth-order valence-corrected chi connectivity index (χ4v) is 0.834. The molecule has 0 saturated heterocycles. The van der Waals surface area contributed by atoms with Gasteiger partial charge < -0.3 is 15.7 Å². The number of aromatic amines is 1. The van der Waals surface area contributed by atoms with E-state index >= 15 is 0 Å². The topological polar surface area (TPSA) is 90.0 Å². The van der Waals surface area contributed by atoms with E-state index in [9.17, 15) is 4.79 Å². The van der Waals surface area contributed by atoms with E-state index in [4.69, 9.17) is 5.11 Å². The van der Waals surface area contributed by atoms with Crippen molar-refractivity contribution in [3.63, 3.8) is 0 Å². The second-order valence-corrected chi connectivity index (χ2v) is 2.57. The molecule has 0 aliphatic heterocycles. The number of carbonyl (C=O) groups excluding carboxylic acids is 1. The van der Waals surface area contributed by atoms with Crippen molar-refractivity contribution in [1.29, 1.82) is 0 Å². The fourth-order valence-electron chi connectivity index (χ4n) is 0.834. The molecule has 1 heterocycles. The monoisotopic (exact) mass is 184 g/mol. The number of hydrogen-bond donors (Lipinski definition) is 4. The first-order valence-electron chi connectivity index (χ1n) is 3.85. The standard InChI is InChI=1S/C7H12N4O2/c1-4(12)9-7(13)5-3-6(8-2)11-10-5/h3-4,12H,1-2H3,(H,9,13)(H2,8,10,11)/t4-/m1/s1. The molecule has 1 atom stereocenters. The molecule has 0 fully saturated rings. The van der Waals surface area contributed by atoms with Gasteiger partial charge in [-0.05, 0) is 6.92 Å². The summed E-state index contributed by atoms with van der Waals surface area (Å²) in [6.45, 7) is 1.47. The largest absolute Gasteiger partial charge is 0.374 e. The van der Waals surface area contributed by atoms with Gasteiger partial charge in [-0.15, -0.1) is 0 Å². The number of aliphatic hydroxyl groups excluding tert-OH is 1. The Morgan fingerprint density at radius 2 is 2.46 bits per heavy atom. The third-order valence-corrected chi connectivity index (χ3v) is 1.42. The summed E-state index contributed by atoms with van der Waals surface area (Å²) in [5, 5.41) is 20.3. The molecular weight excluding hydrogens is 172 g/mol. The molecule has 0 spiro atoms. The van der Waals surface area contributed by atoms with Crippen molar-refractivity contribution < 1.29 is 9.90 Å². The van der Waals surface area contributed by atoms with E-state index in [1.807, 2.05) is 0 Å². The molecule has 0 aliphatic rings. The number of nitrogens with one attached hydrogen (secondary N) is 3. The minimum atomic E-state index is -0.867. The Kier molecular flexibility index (Phi) is 2.86. The van der Waals surface area contributed by atoms with Crippen molar-refractivity contribution in [1.82, 2.24) is 15.5 Å². The van der Waals surface area contributed by atoms with Crippen molar-refractivity contribution in [2.75, 3.05) is 12.4 Å². The van der Waals surface area contributed by atoms with Crippen molar-refractivity contribution in [3.8, 4) is 0 Å². The molecule has 1 aromatic rings. The highest BCUT2D eigenvalue weighted by Gasteiger charge is 2.10. The Bertz CT molecular complexity index is 294. The van der Waals surface area contributed by atoms with Crippen molar-refractivity contribution in [2.24, 2.45) is 0 Å². The summed E-state index contributed by atoms with van der Waals surface area (Å²) in [6.07, 6.45) is -0.867. The lowest BCUT2D eigenvalue weighted by Crippen LogP contribution is -2.32. The van der Waals surface area contributed by atoms with E-state index < -0.39 is 6.23 Å². The minimum absolute atomic E-state index is 0.310. The van der Waals surface area contributed by atoms with Crippen LogP contribution in [0.2, 0.25) is 0 Å². The minimum Gasteiger partial charge on any atom is -0.374 e. The van der Waals surface area contributed by atoms with Crippen LogP contribution in [0.5, 0.6) is 0 Å². The summed E-state index contributed by atoms with van der Waals surface area (Å²) >= 11 is 0. The summed E-state index contributed by atoms with van der Waals surface area (Å²) < 4.78 is 0. The first kappa shape index (κ1) is 9.53. The van der Waals surface area contributed by atoms with Crippen LogP contribution in [0, 0.1) is 0 Å². The van der Waals surface area contributed by atoms with E-state index in [0.717, 1.165) is 0 Å². The van der Waals surface area contributed by atoms with E-state index in [2.05, 4.69) is 20.8 Å². The zero-order valence-corrected chi connectivity index (χ0v) is 7.46. The van der Waals surface area contributed by atoms with Crippen LogP contribution in [0.4, 0.5) is 5.82 Å². The highest BCUT2D eigenvalue weighted by Crippen LogP contribution is 2.03. The van der Waals surface area contributed by atoms with Gasteiger partial charge in [-0.2, -0.15) is 5.10 Å². The Morgan fingerprint density at radius 3 is 2.92 bits per heavy atom. The molecule has 6 nitrogen and oxygen atoms in total. The van der Waals surface area contributed by atoms with Crippen LogP contribution in [0.25, 0.3) is 0 Å². The van der Waals surface area contributed by atoms with Crippen molar-refractivity contribution in [2.45, 2.75) is 13.2 Å². The summed E-state index contributed by atoms with van der Waals surface area (Å²) in [4.78, 5) is 11.2. The maximum absolute atomic E-state index is 11.2. The van der Waals surface area contributed by atoms with E-state index in [0.29, 0.717) is 11.5 Å². The average Bonchev–Trinajstić information content (AvgIpc) is 2.50. The molecule has 6 heteroatoms.